The molecule has 0 heterocycles. The van der Waals surface area contributed by atoms with Crippen LogP contribution in [0.3, 0.4) is 0 Å². The second-order valence-electron chi connectivity index (χ2n) is 1.87. The number of nitrogens with zero attached hydrogens (tertiary/aromatic N) is 1. The first-order valence-electron chi connectivity index (χ1n) is 3.45. The lowest BCUT2D eigenvalue weighted by molar-refractivity contribution is -0.147. The molecule has 0 bridgehead atoms. The minimum Gasteiger partial charge on any atom is -0.466 e. The Bertz CT molecular complexity index is 206. The molecule has 66 valence electrons. The molecule has 0 atom stereocenters. The van der Waals surface area contributed by atoms with Crippen LogP contribution in [0.5, 0.6) is 0 Å². The first-order valence-corrected chi connectivity index (χ1v) is 3.45. The van der Waals surface area contributed by atoms with E-state index in [2.05, 4.69) is 9.47 Å². The van der Waals surface area contributed by atoms with Crippen LogP contribution in [0, 0.1) is 11.5 Å². The zero-order valence-corrected chi connectivity index (χ0v) is 6.70. The predicted octanol–water partition coefficient (Wildman–Crippen LogP) is 0.354. The number of hydrogen-bond donors (Lipinski definition) is 0. The molecule has 0 aromatic heterocycles. The number of rotatable bonds is 4. The van der Waals surface area contributed by atoms with Gasteiger partial charge in [-0.05, 0) is 6.92 Å². The fourth-order valence-corrected chi connectivity index (χ4v) is 0.539. The molecule has 12 heavy (non-hydrogen) atoms. The summed E-state index contributed by atoms with van der Waals surface area (Å²) in [6, 6.07) is 0. The van der Waals surface area contributed by atoms with Gasteiger partial charge in [0.25, 0.3) is 6.26 Å². The molecule has 0 radical (unpaired) electrons. The number of esters is 2. The number of carbonyl (C=O) groups excluding carboxylic acids is 2. The van der Waals surface area contributed by atoms with Crippen LogP contribution in [0.25, 0.3) is 0 Å². The summed E-state index contributed by atoms with van der Waals surface area (Å²) >= 11 is 0. The minimum atomic E-state index is -0.717. The van der Waals surface area contributed by atoms with Gasteiger partial charge in [0.2, 0.25) is 0 Å². The maximum absolute atomic E-state index is 10.6. The Morgan fingerprint density at radius 2 is 1.92 bits per heavy atom. The molecule has 0 spiro atoms. The molecule has 0 aliphatic rings. The molecule has 5 nitrogen and oxygen atoms in total. The molecule has 0 N–H and O–H groups in total. The molecule has 0 rings (SSSR count). The molecule has 0 saturated carbocycles. The van der Waals surface area contributed by atoms with Crippen molar-refractivity contribution >= 4 is 11.9 Å². The van der Waals surface area contributed by atoms with Crippen LogP contribution in [0.4, 0.5) is 0 Å². The van der Waals surface area contributed by atoms with Gasteiger partial charge in [-0.1, -0.05) is 0 Å². The molecule has 0 aliphatic heterocycles. The van der Waals surface area contributed by atoms with Crippen LogP contribution >= 0.6 is 0 Å². The van der Waals surface area contributed by atoms with E-state index < -0.39 is 11.9 Å². The van der Waals surface area contributed by atoms with Crippen LogP contribution in [0.2, 0.25) is 0 Å². The van der Waals surface area contributed by atoms with E-state index in [1.54, 1.807) is 6.92 Å². The molecule has 0 fully saturated rings. The molecule has 0 unspecified atom stereocenters. The molecule has 0 saturated heterocycles. The van der Waals surface area contributed by atoms with E-state index in [1.807, 2.05) is 0 Å². The molecular weight excluding hydrogens is 162 g/mol. The molecule has 0 aliphatic carbocycles. The van der Waals surface area contributed by atoms with E-state index >= 15 is 0 Å². The van der Waals surface area contributed by atoms with Crippen molar-refractivity contribution in [1.29, 1.82) is 5.26 Å². The van der Waals surface area contributed by atoms with Crippen molar-refractivity contribution in [2.45, 2.75) is 19.8 Å². The van der Waals surface area contributed by atoms with E-state index in [9.17, 15) is 9.59 Å². The van der Waals surface area contributed by atoms with Gasteiger partial charge in [0.1, 0.15) is 0 Å². The van der Waals surface area contributed by atoms with E-state index in [0.717, 1.165) is 0 Å². The first kappa shape index (κ1) is 10.4. The van der Waals surface area contributed by atoms with E-state index in [4.69, 9.17) is 5.26 Å². The van der Waals surface area contributed by atoms with Gasteiger partial charge in [0.15, 0.2) is 0 Å². The largest absolute Gasteiger partial charge is 0.466 e. The Hall–Kier alpha value is -1.57. The lowest BCUT2D eigenvalue weighted by atomic mass is 10.3. The average molecular weight is 171 g/mol. The van der Waals surface area contributed by atoms with Crippen molar-refractivity contribution in [1.82, 2.24) is 0 Å². The monoisotopic (exact) mass is 171 g/mol. The average Bonchev–Trinajstić information content (AvgIpc) is 2.02. The maximum Gasteiger partial charge on any atom is 0.322 e. The fraction of sp³-hybridized carbons (Fsp3) is 0.571. The zero-order chi connectivity index (χ0) is 9.40. The summed E-state index contributed by atoms with van der Waals surface area (Å²) < 4.78 is 8.47. The minimum absolute atomic E-state index is 0.0473. The standard InChI is InChI=1S/C7H9NO4/c1-2-11-6(9)3-4-7(10)12-5-8/h2-4H2,1H3. The second-order valence-corrected chi connectivity index (χ2v) is 1.87. The van der Waals surface area contributed by atoms with Gasteiger partial charge in [-0.3, -0.25) is 9.59 Å². The summed E-state index contributed by atoms with van der Waals surface area (Å²) in [6.07, 6.45) is 1.06. The Balaban J connectivity index is 3.48. The lowest BCUT2D eigenvalue weighted by Crippen LogP contribution is -2.08. The summed E-state index contributed by atoms with van der Waals surface area (Å²) in [6.45, 7) is 1.96. The second kappa shape index (κ2) is 6.16. The molecule has 0 amide bonds. The Morgan fingerprint density at radius 3 is 2.42 bits per heavy atom. The zero-order valence-electron chi connectivity index (χ0n) is 6.70. The predicted molar refractivity (Wildman–Crippen MR) is 37.6 cm³/mol. The smallest absolute Gasteiger partial charge is 0.322 e. The van der Waals surface area contributed by atoms with Gasteiger partial charge < -0.3 is 9.47 Å². The topological polar surface area (TPSA) is 76.4 Å². The third kappa shape index (κ3) is 5.23. The summed E-state index contributed by atoms with van der Waals surface area (Å²) in [7, 11) is 0. The highest BCUT2D eigenvalue weighted by Crippen LogP contribution is 1.94. The summed E-state index contributed by atoms with van der Waals surface area (Å²) in [4.78, 5) is 21.1. The maximum atomic E-state index is 10.6. The number of carbonyl (C=O) groups is 2. The van der Waals surface area contributed by atoms with Gasteiger partial charge in [-0.15, -0.1) is 5.26 Å². The highest BCUT2D eigenvalue weighted by Gasteiger charge is 2.07. The van der Waals surface area contributed by atoms with E-state index in [1.165, 1.54) is 6.26 Å². The summed E-state index contributed by atoms with van der Waals surface area (Å²) in [5.74, 6) is -1.18. The number of ether oxygens (including phenoxy) is 2. The summed E-state index contributed by atoms with van der Waals surface area (Å²) in [5.41, 5.74) is 0. The van der Waals surface area contributed by atoms with Crippen molar-refractivity contribution in [3.63, 3.8) is 0 Å². The SMILES string of the molecule is CCOC(=O)CCC(=O)OC#N. The first-order chi connectivity index (χ1) is 5.70. The normalized spacial score (nSPS) is 8.33. The lowest BCUT2D eigenvalue weighted by Gasteiger charge is -1.98. The van der Waals surface area contributed by atoms with Crippen LogP contribution < -0.4 is 0 Å². The van der Waals surface area contributed by atoms with Crippen molar-refractivity contribution < 1.29 is 19.1 Å². The van der Waals surface area contributed by atoms with Gasteiger partial charge in [0, 0.05) is 0 Å². The van der Waals surface area contributed by atoms with Crippen LogP contribution in [-0.2, 0) is 19.1 Å². The molecule has 0 aromatic carbocycles. The van der Waals surface area contributed by atoms with Gasteiger partial charge in [-0.2, -0.15) is 0 Å². The quantitative estimate of drug-likeness (QED) is 0.450. The fourth-order valence-electron chi connectivity index (χ4n) is 0.539. The third-order valence-corrected chi connectivity index (χ3v) is 0.998. The number of hydrogen-bond acceptors (Lipinski definition) is 5. The van der Waals surface area contributed by atoms with E-state index in [-0.39, 0.29) is 19.4 Å². The van der Waals surface area contributed by atoms with Crippen molar-refractivity contribution in [2.24, 2.45) is 0 Å². The van der Waals surface area contributed by atoms with Gasteiger partial charge >= 0.3 is 11.9 Å². The van der Waals surface area contributed by atoms with Gasteiger partial charge in [-0.25, -0.2) is 0 Å². The third-order valence-electron chi connectivity index (χ3n) is 0.998. The van der Waals surface area contributed by atoms with Crippen LogP contribution in [0.15, 0.2) is 0 Å². The number of nitriles is 1. The van der Waals surface area contributed by atoms with Crippen molar-refractivity contribution in [3.05, 3.63) is 0 Å². The Labute approximate surface area is 69.9 Å². The van der Waals surface area contributed by atoms with Crippen LogP contribution in [-0.4, -0.2) is 18.5 Å². The Kier molecular flexibility index (Phi) is 5.35. The highest BCUT2D eigenvalue weighted by atomic mass is 16.5. The van der Waals surface area contributed by atoms with Gasteiger partial charge in [0.05, 0.1) is 19.4 Å². The van der Waals surface area contributed by atoms with Crippen LogP contribution in [0.1, 0.15) is 19.8 Å². The summed E-state index contributed by atoms with van der Waals surface area (Å²) in [5, 5.41) is 7.90. The van der Waals surface area contributed by atoms with E-state index in [0.29, 0.717) is 0 Å². The molecule has 5 heteroatoms. The Morgan fingerprint density at radius 1 is 1.33 bits per heavy atom. The van der Waals surface area contributed by atoms with Crippen molar-refractivity contribution in [3.8, 4) is 6.26 Å². The molecule has 0 aromatic rings. The highest BCUT2D eigenvalue weighted by molar-refractivity contribution is 5.77. The molecular formula is C7H9NO4. The van der Waals surface area contributed by atoms with Crippen molar-refractivity contribution in [2.75, 3.05) is 6.61 Å².